The Hall–Kier alpha value is -2.44. The van der Waals surface area contributed by atoms with Crippen molar-refractivity contribution >= 4 is 23.5 Å². The number of carbonyl (C=O) groups excluding carboxylic acids is 2. The van der Waals surface area contributed by atoms with Crippen LogP contribution in [0, 0.1) is 5.92 Å². The van der Waals surface area contributed by atoms with Crippen molar-refractivity contribution in [3.8, 4) is 0 Å². The predicted octanol–water partition coefficient (Wildman–Crippen LogP) is 0.977. The summed E-state index contributed by atoms with van der Waals surface area (Å²) in [5, 5.41) is 11.6. The first-order chi connectivity index (χ1) is 9.97. The SMILES string of the molecule is CC(=O)N1CCCC(C(=O)Nc2ccnc(C(=O)O)c2)C1. The van der Waals surface area contributed by atoms with Gasteiger partial charge < -0.3 is 15.3 Å². The summed E-state index contributed by atoms with van der Waals surface area (Å²) in [6.45, 7) is 2.57. The van der Waals surface area contributed by atoms with E-state index in [4.69, 9.17) is 5.11 Å². The number of hydrogen-bond acceptors (Lipinski definition) is 4. The third-order valence-corrected chi connectivity index (χ3v) is 3.48. The molecule has 1 fully saturated rings. The van der Waals surface area contributed by atoms with Gasteiger partial charge in [0.15, 0.2) is 0 Å². The highest BCUT2D eigenvalue weighted by atomic mass is 16.4. The summed E-state index contributed by atoms with van der Waals surface area (Å²) in [5.41, 5.74) is 0.272. The van der Waals surface area contributed by atoms with Gasteiger partial charge in [0.2, 0.25) is 11.8 Å². The second kappa shape index (κ2) is 6.34. The molecule has 0 spiro atoms. The molecule has 2 N–H and O–H groups in total. The van der Waals surface area contributed by atoms with Crippen molar-refractivity contribution in [3.05, 3.63) is 24.0 Å². The first-order valence-corrected chi connectivity index (χ1v) is 6.73. The highest BCUT2D eigenvalue weighted by Crippen LogP contribution is 2.19. The van der Waals surface area contributed by atoms with Gasteiger partial charge in [-0.25, -0.2) is 9.78 Å². The lowest BCUT2D eigenvalue weighted by Crippen LogP contribution is -2.42. The second-order valence-corrected chi connectivity index (χ2v) is 5.03. The standard InChI is InChI=1S/C14H17N3O4/c1-9(18)17-6-2-3-10(8-17)13(19)16-11-4-5-15-12(7-11)14(20)21/h4-5,7,10H,2-3,6,8H2,1H3,(H,20,21)(H,15,16,19). The summed E-state index contributed by atoms with van der Waals surface area (Å²) in [6.07, 6.45) is 2.84. The number of anilines is 1. The Balaban J connectivity index is 2.02. The van der Waals surface area contributed by atoms with Gasteiger partial charge in [-0.3, -0.25) is 9.59 Å². The molecule has 1 atom stereocenters. The van der Waals surface area contributed by atoms with Gasteiger partial charge in [0.05, 0.1) is 5.92 Å². The van der Waals surface area contributed by atoms with Crippen molar-refractivity contribution in [2.45, 2.75) is 19.8 Å². The molecule has 0 aromatic carbocycles. The molecule has 1 saturated heterocycles. The van der Waals surface area contributed by atoms with Crippen molar-refractivity contribution in [1.82, 2.24) is 9.88 Å². The average Bonchev–Trinajstić information content (AvgIpc) is 2.47. The number of nitrogens with one attached hydrogen (secondary N) is 1. The van der Waals surface area contributed by atoms with Crippen LogP contribution in [0.2, 0.25) is 0 Å². The van der Waals surface area contributed by atoms with Crippen LogP contribution in [0.5, 0.6) is 0 Å². The normalized spacial score (nSPS) is 18.1. The lowest BCUT2D eigenvalue weighted by Gasteiger charge is -2.31. The van der Waals surface area contributed by atoms with Crippen molar-refractivity contribution in [3.63, 3.8) is 0 Å². The smallest absolute Gasteiger partial charge is 0.354 e. The number of aromatic nitrogens is 1. The van der Waals surface area contributed by atoms with E-state index in [9.17, 15) is 14.4 Å². The molecule has 0 saturated carbocycles. The summed E-state index contributed by atoms with van der Waals surface area (Å²) >= 11 is 0. The Kier molecular flexibility index (Phi) is 4.52. The highest BCUT2D eigenvalue weighted by Gasteiger charge is 2.27. The monoisotopic (exact) mass is 291 g/mol. The number of amides is 2. The molecular formula is C14H17N3O4. The minimum absolute atomic E-state index is 0.0374. The van der Waals surface area contributed by atoms with Gasteiger partial charge in [0.25, 0.3) is 0 Å². The molecule has 7 heteroatoms. The number of carboxylic acid groups (broad SMARTS) is 1. The highest BCUT2D eigenvalue weighted by molar-refractivity contribution is 5.94. The van der Waals surface area contributed by atoms with Crippen LogP contribution < -0.4 is 5.32 Å². The van der Waals surface area contributed by atoms with Gasteiger partial charge in [-0.15, -0.1) is 0 Å². The zero-order valence-corrected chi connectivity index (χ0v) is 11.7. The van der Waals surface area contributed by atoms with Gasteiger partial charge in [0.1, 0.15) is 5.69 Å². The van der Waals surface area contributed by atoms with Gasteiger partial charge in [-0.05, 0) is 25.0 Å². The van der Waals surface area contributed by atoms with Crippen LogP contribution in [0.1, 0.15) is 30.3 Å². The fourth-order valence-electron chi connectivity index (χ4n) is 2.35. The molecule has 1 aromatic rings. The van der Waals surface area contributed by atoms with Gasteiger partial charge >= 0.3 is 5.97 Å². The molecule has 1 unspecified atom stereocenters. The molecule has 1 aliphatic rings. The number of rotatable bonds is 3. The van der Waals surface area contributed by atoms with Gasteiger partial charge in [-0.2, -0.15) is 0 Å². The first-order valence-electron chi connectivity index (χ1n) is 6.73. The van der Waals surface area contributed by atoms with Crippen LogP contribution in [0.25, 0.3) is 0 Å². The maximum absolute atomic E-state index is 12.2. The van der Waals surface area contributed by atoms with E-state index >= 15 is 0 Å². The van der Waals surface area contributed by atoms with E-state index < -0.39 is 5.97 Å². The van der Waals surface area contributed by atoms with Gasteiger partial charge in [-0.1, -0.05) is 0 Å². The lowest BCUT2D eigenvalue weighted by molar-refractivity contribution is -0.132. The third-order valence-electron chi connectivity index (χ3n) is 3.48. The van der Waals surface area contributed by atoms with Crippen molar-refractivity contribution in [2.75, 3.05) is 18.4 Å². The predicted molar refractivity (Wildman–Crippen MR) is 74.8 cm³/mol. The molecule has 0 bridgehead atoms. The first kappa shape index (κ1) is 15.0. The average molecular weight is 291 g/mol. The molecule has 21 heavy (non-hydrogen) atoms. The molecular weight excluding hydrogens is 274 g/mol. The summed E-state index contributed by atoms with van der Waals surface area (Å²) < 4.78 is 0. The van der Waals surface area contributed by atoms with Crippen LogP contribution in [0.4, 0.5) is 5.69 Å². The zero-order chi connectivity index (χ0) is 15.4. The lowest BCUT2D eigenvalue weighted by atomic mass is 9.97. The number of carbonyl (C=O) groups is 3. The van der Waals surface area contributed by atoms with Crippen molar-refractivity contribution < 1.29 is 19.5 Å². The van der Waals surface area contributed by atoms with E-state index in [1.807, 2.05) is 0 Å². The Labute approximate surface area is 122 Å². The third kappa shape index (κ3) is 3.77. The molecule has 2 heterocycles. The number of piperidine rings is 1. The Morgan fingerprint density at radius 2 is 2.19 bits per heavy atom. The number of pyridine rings is 1. The maximum atomic E-state index is 12.2. The fourth-order valence-corrected chi connectivity index (χ4v) is 2.35. The van der Waals surface area contributed by atoms with Crippen molar-refractivity contribution in [2.24, 2.45) is 5.92 Å². The Morgan fingerprint density at radius 1 is 1.43 bits per heavy atom. The Bertz CT molecular complexity index is 573. The van der Waals surface area contributed by atoms with Crippen LogP contribution in [-0.4, -0.2) is 45.9 Å². The fraction of sp³-hybridized carbons (Fsp3) is 0.429. The van der Waals surface area contributed by atoms with Crippen molar-refractivity contribution in [1.29, 1.82) is 0 Å². The maximum Gasteiger partial charge on any atom is 0.354 e. The number of nitrogens with zero attached hydrogens (tertiary/aromatic N) is 2. The van der Waals surface area contributed by atoms with E-state index in [1.54, 1.807) is 4.90 Å². The van der Waals surface area contributed by atoms with Crippen LogP contribution in [0.15, 0.2) is 18.3 Å². The number of aromatic carboxylic acids is 1. The van der Waals surface area contributed by atoms with Crippen LogP contribution in [-0.2, 0) is 9.59 Å². The molecule has 2 amide bonds. The summed E-state index contributed by atoms with van der Waals surface area (Å²) in [6, 6.07) is 2.85. The summed E-state index contributed by atoms with van der Waals surface area (Å²) in [5.74, 6) is -1.66. The molecule has 1 aliphatic heterocycles. The van der Waals surface area contributed by atoms with E-state index in [2.05, 4.69) is 10.3 Å². The Morgan fingerprint density at radius 3 is 2.86 bits per heavy atom. The molecule has 7 nitrogen and oxygen atoms in total. The van der Waals surface area contributed by atoms with E-state index in [0.717, 1.165) is 6.42 Å². The second-order valence-electron chi connectivity index (χ2n) is 5.03. The molecule has 1 aromatic heterocycles. The summed E-state index contributed by atoms with van der Waals surface area (Å²) in [7, 11) is 0. The largest absolute Gasteiger partial charge is 0.477 e. The quantitative estimate of drug-likeness (QED) is 0.864. The van der Waals surface area contributed by atoms with E-state index in [-0.39, 0.29) is 23.4 Å². The number of carboxylic acids is 1. The van der Waals surface area contributed by atoms with Gasteiger partial charge in [0, 0.05) is 31.9 Å². The molecule has 112 valence electrons. The minimum Gasteiger partial charge on any atom is -0.477 e. The molecule has 0 aliphatic carbocycles. The summed E-state index contributed by atoms with van der Waals surface area (Å²) in [4.78, 5) is 39.8. The zero-order valence-electron chi connectivity index (χ0n) is 11.7. The molecule has 0 radical (unpaired) electrons. The number of likely N-dealkylation sites (tertiary alicyclic amines) is 1. The number of hydrogen-bond donors (Lipinski definition) is 2. The van der Waals surface area contributed by atoms with Crippen LogP contribution >= 0.6 is 0 Å². The topological polar surface area (TPSA) is 99.6 Å². The van der Waals surface area contributed by atoms with E-state index in [1.165, 1.54) is 25.3 Å². The van der Waals surface area contributed by atoms with Crippen LogP contribution in [0.3, 0.4) is 0 Å². The molecule has 2 rings (SSSR count). The minimum atomic E-state index is -1.15. The van der Waals surface area contributed by atoms with E-state index in [0.29, 0.717) is 25.2 Å².